The highest BCUT2D eigenvalue weighted by Gasteiger charge is 2.18. The Morgan fingerprint density at radius 3 is 2.69 bits per heavy atom. The molecule has 1 amide bonds. The van der Waals surface area contributed by atoms with Crippen LogP contribution in [0, 0.1) is 0 Å². The van der Waals surface area contributed by atoms with Crippen LogP contribution >= 0.6 is 0 Å². The molecule has 0 spiro atoms. The van der Waals surface area contributed by atoms with Gasteiger partial charge in [0, 0.05) is 18.2 Å². The van der Waals surface area contributed by atoms with Gasteiger partial charge >= 0.3 is 0 Å². The molecular formula is C27H35N5O4. The van der Waals surface area contributed by atoms with E-state index in [9.17, 15) is 9.59 Å². The summed E-state index contributed by atoms with van der Waals surface area (Å²) in [5.74, 6) is 1.23. The van der Waals surface area contributed by atoms with Gasteiger partial charge in [-0.3, -0.25) is 14.2 Å². The van der Waals surface area contributed by atoms with E-state index in [4.69, 9.17) is 9.47 Å². The number of amides is 1. The molecule has 3 heterocycles. The Morgan fingerprint density at radius 2 is 1.94 bits per heavy atom. The fraction of sp³-hybridized carbons (Fsp3) is 0.481. The van der Waals surface area contributed by atoms with Crippen molar-refractivity contribution in [3.63, 3.8) is 0 Å². The van der Waals surface area contributed by atoms with E-state index in [2.05, 4.69) is 20.2 Å². The van der Waals surface area contributed by atoms with Crippen LogP contribution in [-0.2, 0) is 11.3 Å². The molecule has 1 saturated heterocycles. The SMILES string of the molecule is COc1cccc(-c2nc3ncc(OCCCN4CCCCC4)cc3c(=O)n2CC(=O)NC(C)C)c1. The smallest absolute Gasteiger partial charge is 0.263 e. The molecule has 0 atom stereocenters. The number of nitrogens with one attached hydrogen (secondary N) is 1. The fourth-order valence-electron chi connectivity index (χ4n) is 4.47. The van der Waals surface area contributed by atoms with Crippen molar-refractivity contribution in [2.24, 2.45) is 0 Å². The summed E-state index contributed by atoms with van der Waals surface area (Å²) in [5.41, 5.74) is 0.618. The average molecular weight is 494 g/mol. The van der Waals surface area contributed by atoms with Crippen LogP contribution < -0.4 is 20.3 Å². The number of piperidine rings is 1. The number of aromatic nitrogens is 3. The molecule has 0 aliphatic carbocycles. The number of pyridine rings is 1. The zero-order valence-electron chi connectivity index (χ0n) is 21.3. The number of nitrogens with zero attached hydrogens (tertiary/aromatic N) is 4. The molecule has 0 bridgehead atoms. The monoisotopic (exact) mass is 493 g/mol. The van der Waals surface area contributed by atoms with Crippen molar-refractivity contribution in [1.29, 1.82) is 0 Å². The van der Waals surface area contributed by atoms with E-state index in [1.807, 2.05) is 32.0 Å². The minimum absolute atomic E-state index is 0.0477. The number of fused-ring (bicyclic) bond motifs is 1. The minimum atomic E-state index is -0.344. The maximum Gasteiger partial charge on any atom is 0.263 e. The van der Waals surface area contributed by atoms with Gasteiger partial charge in [0.2, 0.25) is 5.91 Å². The summed E-state index contributed by atoms with van der Waals surface area (Å²) < 4.78 is 12.6. The number of methoxy groups -OCH3 is 1. The number of hydrogen-bond acceptors (Lipinski definition) is 7. The number of likely N-dealkylation sites (tertiary alicyclic amines) is 1. The molecule has 1 aliphatic heterocycles. The van der Waals surface area contributed by atoms with Crippen molar-refractivity contribution in [2.75, 3.05) is 33.4 Å². The summed E-state index contributed by atoms with van der Waals surface area (Å²) in [7, 11) is 1.58. The van der Waals surface area contributed by atoms with Crippen molar-refractivity contribution in [1.82, 2.24) is 24.8 Å². The predicted octanol–water partition coefficient (Wildman–Crippen LogP) is 3.25. The first kappa shape index (κ1) is 25.6. The van der Waals surface area contributed by atoms with Gasteiger partial charge in [-0.25, -0.2) is 9.97 Å². The van der Waals surface area contributed by atoms with Gasteiger partial charge in [-0.15, -0.1) is 0 Å². The average Bonchev–Trinajstić information content (AvgIpc) is 2.88. The minimum Gasteiger partial charge on any atom is -0.497 e. The second-order valence-corrected chi connectivity index (χ2v) is 9.43. The van der Waals surface area contributed by atoms with Gasteiger partial charge in [-0.05, 0) is 64.4 Å². The van der Waals surface area contributed by atoms with Crippen molar-refractivity contribution in [3.8, 4) is 22.9 Å². The third-order valence-corrected chi connectivity index (χ3v) is 6.20. The number of carbonyl (C=O) groups excluding carboxylic acids is 1. The van der Waals surface area contributed by atoms with E-state index in [1.54, 1.807) is 25.4 Å². The Labute approximate surface area is 211 Å². The molecule has 4 rings (SSSR count). The highest BCUT2D eigenvalue weighted by molar-refractivity contribution is 5.80. The molecule has 0 saturated carbocycles. The van der Waals surface area contributed by atoms with Crippen molar-refractivity contribution in [2.45, 2.75) is 52.1 Å². The van der Waals surface area contributed by atoms with Crippen LogP contribution in [0.25, 0.3) is 22.4 Å². The van der Waals surface area contributed by atoms with E-state index in [0.29, 0.717) is 40.5 Å². The first-order chi connectivity index (χ1) is 17.4. The molecule has 1 N–H and O–H groups in total. The van der Waals surface area contributed by atoms with Crippen LogP contribution in [0.3, 0.4) is 0 Å². The Balaban J connectivity index is 1.61. The molecule has 1 aliphatic rings. The Bertz CT molecular complexity index is 1250. The van der Waals surface area contributed by atoms with Crippen LogP contribution in [0.15, 0.2) is 41.3 Å². The topological polar surface area (TPSA) is 98.6 Å². The van der Waals surface area contributed by atoms with Gasteiger partial charge in [-0.1, -0.05) is 18.6 Å². The van der Waals surface area contributed by atoms with E-state index in [-0.39, 0.29) is 24.1 Å². The number of carbonyl (C=O) groups is 1. The summed E-state index contributed by atoms with van der Waals surface area (Å²) in [4.78, 5) is 37.8. The van der Waals surface area contributed by atoms with Gasteiger partial charge in [0.15, 0.2) is 5.65 Å². The zero-order chi connectivity index (χ0) is 25.5. The maximum absolute atomic E-state index is 13.6. The normalized spacial score (nSPS) is 14.2. The quantitative estimate of drug-likeness (QED) is 0.433. The van der Waals surface area contributed by atoms with E-state index < -0.39 is 0 Å². The summed E-state index contributed by atoms with van der Waals surface area (Å²) in [6.07, 6.45) is 6.36. The summed E-state index contributed by atoms with van der Waals surface area (Å²) in [5, 5.41) is 3.16. The molecule has 9 heteroatoms. The molecular weight excluding hydrogens is 458 g/mol. The summed E-state index contributed by atoms with van der Waals surface area (Å²) >= 11 is 0. The van der Waals surface area contributed by atoms with Crippen LogP contribution in [-0.4, -0.2) is 64.7 Å². The predicted molar refractivity (Wildman–Crippen MR) is 139 cm³/mol. The molecule has 2 aromatic heterocycles. The molecule has 0 unspecified atom stereocenters. The van der Waals surface area contributed by atoms with Crippen molar-refractivity contribution >= 4 is 16.9 Å². The van der Waals surface area contributed by atoms with E-state index in [1.165, 1.54) is 23.8 Å². The van der Waals surface area contributed by atoms with Gasteiger partial charge < -0.3 is 19.7 Å². The molecule has 192 valence electrons. The van der Waals surface area contributed by atoms with E-state index in [0.717, 1.165) is 26.1 Å². The third-order valence-electron chi connectivity index (χ3n) is 6.20. The third kappa shape index (κ3) is 6.40. The fourth-order valence-corrected chi connectivity index (χ4v) is 4.47. The van der Waals surface area contributed by atoms with Crippen LogP contribution in [0.5, 0.6) is 11.5 Å². The molecule has 0 radical (unpaired) electrons. The van der Waals surface area contributed by atoms with Crippen molar-refractivity contribution in [3.05, 3.63) is 46.9 Å². The first-order valence-electron chi connectivity index (χ1n) is 12.6. The molecule has 3 aromatic rings. The molecule has 36 heavy (non-hydrogen) atoms. The molecule has 1 fully saturated rings. The largest absolute Gasteiger partial charge is 0.497 e. The Morgan fingerprint density at radius 1 is 1.14 bits per heavy atom. The Hall–Kier alpha value is -3.46. The van der Waals surface area contributed by atoms with Gasteiger partial charge in [-0.2, -0.15) is 0 Å². The number of benzene rings is 1. The molecule has 1 aromatic carbocycles. The lowest BCUT2D eigenvalue weighted by Gasteiger charge is -2.26. The number of rotatable bonds is 10. The highest BCUT2D eigenvalue weighted by atomic mass is 16.5. The molecule has 9 nitrogen and oxygen atoms in total. The Kier molecular flexibility index (Phi) is 8.53. The standard InChI is InChI=1S/C27H35N5O4/c1-19(2)29-24(33)18-32-26(20-9-7-10-21(15-20)35-3)30-25-23(27(32)34)16-22(17-28-25)36-14-8-13-31-11-5-4-6-12-31/h7,9-10,15-17,19H,4-6,8,11-14,18H2,1-3H3,(H,29,33). The van der Waals surface area contributed by atoms with E-state index >= 15 is 0 Å². The number of hydrogen-bond donors (Lipinski definition) is 1. The van der Waals surface area contributed by atoms with Crippen LogP contribution in [0.4, 0.5) is 0 Å². The maximum atomic E-state index is 13.6. The summed E-state index contributed by atoms with van der Waals surface area (Å²) in [6, 6.07) is 8.86. The first-order valence-corrected chi connectivity index (χ1v) is 12.6. The lowest BCUT2D eigenvalue weighted by molar-refractivity contribution is -0.122. The van der Waals surface area contributed by atoms with Crippen molar-refractivity contribution < 1.29 is 14.3 Å². The van der Waals surface area contributed by atoms with Gasteiger partial charge in [0.1, 0.15) is 23.9 Å². The number of ether oxygens (including phenoxy) is 2. The van der Waals surface area contributed by atoms with Crippen LogP contribution in [0.2, 0.25) is 0 Å². The lowest BCUT2D eigenvalue weighted by Crippen LogP contribution is -2.37. The van der Waals surface area contributed by atoms with Crippen LogP contribution in [0.1, 0.15) is 39.5 Å². The lowest BCUT2D eigenvalue weighted by atomic mass is 10.1. The second-order valence-electron chi connectivity index (χ2n) is 9.43. The second kappa shape index (κ2) is 12.0. The van der Waals surface area contributed by atoms with Gasteiger partial charge in [0.05, 0.1) is 25.3 Å². The van der Waals surface area contributed by atoms with Gasteiger partial charge in [0.25, 0.3) is 5.56 Å². The highest BCUT2D eigenvalue weighted by Crippen LogP contribution is 2.24. The zero-order valence-corrected chi connectivity index (χ0v) is 21.3. The summed E-state index contributed by atoms with van der Waals surface area (Å²) in [6.45, 7) is 7.45.